The molecule has 4 rings (SSSR count). The van der Waals surface area contributed by atoms with Crippen LogP contribution < -0.4 is 0 Å². The Labute approximate surface area is 144 Å². The van der Waals surface area contributed by atoms with Gasteiger partial charge in [0.15, 0.2) is 0 Å². The molecule has 1 saturated carbocycles. The Bertz CT molecular complexity index is 600. The number of rotatable bonds is 4. The Balaban J connectivity index is 1.28. The standard InChI is InChI=1S/C20H27N3O/c24-20(14-19-13-17-2-3-18(19)12-17)23-9-1-8-22(10-11-23)15-16-4-6-21-7-5-16/h2-7,17-19H,1,8-15H2/t17-,18+,19+/m1/s1. The van der Waals surface area contributed by atoms with Gasteiger partial charge in [0.1, 0.15) is 0 Å². The van der Waals surface area contributed by atoms with Gasteiger partial charge < -0.3 is 4.90 Å². The van der Waals surface area contributed by atoms with Crippen LogP contribution in [-0.4, -0.2) is 46.9 Å². The zero-order chi connectivity index (χ0) is 16.4. The lowest BCUT2D eigenvalue weighted by atomic mass is 9.90. The summed E-state index contributed by atoms with van der Waals surface area (Å²) in [5, 5.41) is 0. The fourth-order valence-electron chi connectivity index (χ4n) is 4.61. The highest BCUT2D eigenvalue weighted by Gasteiger charge is 2.37. The van der Waals surface area contributed by atoms with Crippen molar-refractivity contribution in [1.82, 2.24) is 14.8 Å². The first-order chi connectivity index (χ1) is 11.8. The Kier molecular flexibility index (Phi) is 4.65. The molecule has 2 heterocycles. The summed E-state index contributed by atoms with van der Waals surface area (Å²) in [5.41, 5.74) is 1.30. The molecule has 1 amide bonds. The van der Waals surface area contributed by atoms with Gasteiger partial charge in [0.25, 0.3) is 0 Å². The molecule has 0 unspecified atom stereocenters. The maximum atomic E-state index is 12.7. The molecule has 2 fully saturated rings. The predicted molar refractivity (Wildman–Crippen MR) is 94.2 cm³/mol. The van der Waals surface area contributed by atoms with E-state index in [9.17, 15) is 4.79 Å². The molecule has 1 aromatic heterocycles. The van der Waals surface area contributed by atoms with Gasteiger partial charge in [-0.3, -0.25) is 14.7 Å². The number of carbonyl (C=O) groups is 1. The third kappa shape index (κ3) is 3.54. The molecule has 1 saturated heterocycles. The molecule has 4 heteroatoms. The summed E-state index contributed by atoms with van der Waals surface area (Å²) in [6, 6.07) is 4.16. The summed E-state index contributed by atoms with van der Waals surface area (Å²) in [5.74, 6) is 2.41. The summed E-state index contributed by atoms with van der Waals surface area (Å²) < 4.78 is 0. The molecule has 128 valence electrons. The smallest absolute Gasteiger partial charge is 0.222 e. The molecular formula is C20H27N3O. The highest BCUT2D eigenvalue weighted by molar-refractivity contribution is 5.76. The van der Waals surface area contributed by atoms with Crippen LogP contribution in [0.25, 0.3) is 0 Å². The van der Waals surface area contributed by atoms with Crippen LogP contribution in [0.5, 0.6) is 0 Å². The van der Waals surface area contributed by atoms with E-state index in [1.54, 1.807) is 0 Å². The second-order valence-corrected chi connectivity index (χ2v) is 7.61. The van der Waals surface area contributed by atoms with Crippen molar-refractivity contribution in [3.05, 3.63) is 42.2 Å². The number of nitrogens with zero attached hydrogens (tertiary/aromatic N) is 3. The third-order valence-electron chi connectivity index (χ3n) is 5.95. The summed E-state index contributed by atoms with van der Waals surface area (Å²) >= 11 is 0. The molecule has 3 atom stereocenters. The number of amides is 1. The molecule has 2 bridgehead atoms. The third-order valence-corrected chi connectivity index (χ3v) is 5.95. The van der Waals surface area contributed by atoms with Gasteiger partial charge >= 0.3 is 0 Å². The van der Waals surface area contributed by atoms with Crippen molar-refractivity contribution >= 4 is 5.91 Å². The lowest BCUT2D eigenvalue weighted by Gasteiger charge is -2.25. The number of aromatic nitrogens is 1. The van der Waals surface area contributed by atoms with Gasteiger partial charge in [-0.25, -0.2) is 0 Å². The molecule has 3 aliphatic rings. The minimum absolute atomic E-state index is 0.381. The SMILES string of the molecule is O=C(C[C@@H]1C[C@@H]2C=C[C@H]1C2)N1CCCN(Cc2ccncc2)CC1. The number of pyridine rings is 1. The van der Waals surface area contributed by atoms with Gasteiger partial charge in [-0.15, -0.1) is 0 Å². The number of carbonyl (C=O) groups excluding carboxylic acids is 1. The summed E-state index contributed by atoms with van der Waals surface area (Å²) in [6.07, 6.45) is 12.8. The molecule has 0 spiro atoms. The van der Waals surface area contributed by atoms with Gasteiger partial charge in [0, 0.05) is 51.5 Å². The van der Waals surface area contributed by atoms with E-state index < -0.39 is 0 Å². The average molecular weight is 325 g/mol. The second kappa shape index (κ2) is 7.06. The van der Waals surface area contributed by atoms with E-state index in [0.29, 0.717) is 17.7 Å². The molecular weight excluding hydrogens is 298 g/mol. The average Bonchev–Trinajstić information content (AvgIpc) is 3.13. The highest BCUT2D eigenvalue weighted by atomic mass is 16.2. The monoisotopic (exact) mass is 325 g/mol. The molecule has 1 aliphatic heterocycles. The Morgan fingerprint density at radius 3 is 2.71 bits per heavy atom. The molecule has 4 nitrogen and oxygen atoms in total. The van der Waals surface area contributed by atoms with Crippen LogP contribution in [0.2, 0.25) is 0 Å². The topological polar surface area (TPSA) is 36.4 Å². The summed E-state index contributed by atoms with van der Waals surface area (Å²) in [7, 11) is 0. The molecule has 2 aliphatic carbocycles. The van der Waals surface area contributed by atoms with Crippen LogP contribution in [0.15, 0.2) is 36.7 Å². The number of allylic oxidation sites excluding steroid dienone is 2. The minimum Gasteiger partial charge on any atom is -0.341 e. The first-order valence-electron chi connectivity index (χ1n) is 9.35. The van der Waals surface area contributed by atoms with Crippen molar-refractivity contribution in [2.45, 2.75) is 32.2 Å². The maximum Gasteiger partial charge on any atom is 0.222 e. The summed E-state index contributed by atoms with van der Waals surface area (Å²) in [6.45, 7) is 4.80. The number of hydrogen-bond donors (Lipinski definition) is 0. The van der Waals surface area contributed by atoms with Crippen molar-refractivity contribution < 1.29 is 4.79 Å². The van der Waals surface area contributed by atoms with Crippen LogP contribution in [-0.2, 0) is 11.3 Å². The predicted octanol–water partition coefficient (Wildman–Crippen LogP) is 2.72. The zero-order valence-corrected chi connectivity index (χ0v) is 14.3. The van der Waals surface area contributed by atoms with Crippen LogP contribution in [0.4, 0.5) is 0 Å². The first-order valence-corrected chi connectivity index (χ1v) is 9.35. The Morgan fingerprint density at radius 1 is 1.08 bits per heavy atom. The first kappa shape index (κ1) is 15.8. The number of hydrogen-bond acceptors (Lipinski definition) is 3. The van der Waals surface area contributed by atoms with E-state index in [-0.39, 0.29) is 0 Å². The van der Waals surface area contributed by atoms with Gasteiger partial charge in [-0.05, 0) is 54.7 Å². The van der Waals surface area contributed by atoms with Gasteiger partial charge in [-0.1, -0.05) is 12.2 Å². The quantitative estimate of drug-likeness (QED) is 0.799. The van der Waals surface area contributed by atoms with Crippen molar-refractivity contribution in [2.24, 2.45) is 17.8 Å². The molecule has 1 aromatic rings. The normalized spacial score (nSPS) is 29.8. The molecule has 0 radical (unpaired) electrons. The highest BCUT2D eigenvalue weighted by Crippen LogP contribution is 2.45. The lowest BCUT2D eigenvalue weighted by Crippen LogP contribution is -2.36. The fraction of sp³-hybridized carbons (Fsp3) is 0.600. The van der Waals surface area contributed by atoms with Gasteiger partial charge in [0.05, 0.1) is 0 Å². The van der Waals surface area contributed by atoms with Crippen molar-refractivity contribution in [1.29, 1.82) is 0 Å². The van der Waals surface area contributed by atoms with Gasteiger partial charge in [0.2, 0.25) is 5.91 Å². The van der Waals surface area contributed by atoms with E-state index in [1.165, 1.54) is 18.4 Å². The summed E-state index contributed by atoms with van der Waals surface area (Å²) in [4.78, 5) is 21.4. The van der Waals surface area contributed by atoms with E-state index in [4.69, 9.17) is 0 Å². The molecule has 24 heavy (non-hydrogen) atoms. The second-order valence-electron chi connectivity index (χ2n) is 7.61. The van der Waals surface area contributed by atoms with Crippen molar-refractivity contribution in [3.8, 4) is 0 Å². The maximum absolute atomic E-state index is 12.7. The number of fused-ring (bicyclic) bond motifs is 2. The molecule has 0 N–H and O–H groups in total. The van der Waals surface area contributed by atoms with E-state index >= 15 is 0 Å². The van der Waals surface area contributed by atoms with E-state index in [1.807, 2.05) is 12.4 Å². The van der Waals surface area contributed by atoms with Crippen molar-refractivity contribution in [3.63, 3.8) is 0 Å². The fourth-order valence-corrected chi connectivity index (χ4v) is 4.61. The van der Waals surface area contributed by atoms with Gasteiger partial charge in [-0.2, -0.15) is 0 Å². The van der Waals surface area contributed by atoms with Crippen LogP contribution in [0, 0.1) is 17.8 Å². The molecule has 0 aromatic carbocycles. The lowest BCUT2D eigenvalue weighted by molar-refractivity contribution is -0.132. The van der Waals surface area contributed by atoms with Crippen LogP contribution >= 0.6 is 0 Å². The Morgan fingerprint density at radius 2 is 1.96 bits per heavy atom. The van der Waals surface area contributed by atoms with Crippen LogP contribution in [0.3, 0.4) is 0 Å². The Hall–Kier alpha value is -1.68. The van der Waals surface area contributed by atoms with Crippen LogP contribution in [0.1, 0.15) is 31.2 Å². The largest absolute Gasteiger partial charge is 0.341 e. The minimum atomic E-state index is 0.381. The van der Waals surface area contributed by atoms with E-state index in [0.717, 1.165) is 51.5 Å². The van der Waals surface area contributed by atoms with Crippen molar-refractivity contribution in [2.75, 3.05) is 26.2 Å². The van der Waals surface area contributed by atoms with E-state index in [2.05, 4.69) is 39.1 Å². The zero-order valence-electron chi connectivity index (χ0n) is 14.3.